The van der Waals surface area contributed by atoms with Crippen molar-refractivity contribution in [1.82, 2.24) is 9.97 Å². The van der Waals surface area contributed by atoms with E-state index in [1.54, 1.807) is 30.3 Å². The van der Waals surface area contributed by atoms with Gasteiger partial charge in [-0.05, 0) is 30.3 Å². The van der Waals surface area contributed by atoms with Gasteiger partial charge < -0.3 is 9.47 Å². The number of carbonyl (C=O) groups excluding carboxylic acids is 1. The number of hydrogen-bond donors (Lipinski definition) is 0. The molecule has 23 heavy (non-hydrogen) atoms. The third-order valence-corrected chi connectivity index (χ3v) is 3.65. The number of benzene rings is 2. The van der Waals surface area contributed by atoms with E-state index in [1.807, 2.05) is 12.1 Å². The van der Waals surface area contributed by atoms with Gasteiger partial charge in [-0.2, -0.15) is 0 Å². The van der Waals surface area contributed by atoms with Gasteiger partial charge >= 0.3 is 0 Å². The predicted octanol–water partition coefficient (Wildman–Crippen LogP) is 3.53. The molecule has 6 heteroatoms. The van der Waals surface area contributed by atoms with Crippen LogP contribution in [0.1, 0.15) is 16.1 Å². The summed E-state index contributed by atoms with van der Waals surface area (Å²) in [7, 11) is 3.04. The van der Waals surface area contributed by atoms with Crippen LogP contribution in [0.5, 0.6) is 11.5 Å². The quantitative estimate of drug-likeness (QED) is 0.686. The number of aromatic nitrogens is 2. The van der Waals surface area contributed by atoms with E-state index in [4.69, 9.17) is 21.1 Å². The molecule has 0 unspecified atom stereocenters. The maximum Gasteiger partial charge on any atom is 0.214 e. The smallest absolute Gasteiger partial charge is 0.214 e. The average Bonchev–Trinajstić information content (AvgIpc) is 2.59. The highest BCUT2D eigenvalue weighted by molar-refractivity contribution is 6.33. The lowest BCUT2D eigenvalue weighted by atomic mass is 10.1. The molecule has 0 aliphatic rings. The van der Waals surface area contributed by atoms with E-state index in [0.29, 0.717) is 28.1 Å². The summed E-state index contributed by atoms with van der Waals surface area (Å²) in [5.74, 6) is 0.678. The number of rotatable bonds is 4. The molecule has 0 aliphatic carbocycles. The lowest BCUT2D eigenvalue weighted by Crippen LogP contribution is -2.07. The highest BCUT2D eigenvalue weighted by atomic mass is 35.5. The second-order valence-electron chi connectivity index (χ2n) is 4.75. The van der Waals surface area contributed by atoms with Crippen molar-refractivity contribution in [3.63, 3.8) is 0 Å². The summed E-state index contributed by atoms with van der Waals surface area (Å²) in [5.41, 5.74) is 1.76. The van der Waals surface area contributed by atoms with Crippen LogP contribution < -0.4 is 9.47 Å². The van der Waals surface area contributed by atoms with E-state index in [2.05, 4.69) is 9.97 Å². The Labute approximate surface area is 137 Å². The van der Waals surface area contributed by atoms with E-state index in [0.717, 1.165) is 0 Å². The fourth-order valence-corrected chi connectivity index (χ4v) is 2.46. The van der Waals surface area contributed by atoms with Gasteiger partial charge in [-0.3, -0.25) is 4.79 Å². The topological polar surface area (TPSA) is 61.3 Å². The monoisotopic (exact) mass is 328 g/mol. The number of ketones is 1. The van der Waals surface area contributed by atoms with Crippen LogP contribution >= 0.6 is 11.6 Å². The Bertz CT molecular complexity index is 896. The van der Waals surface area contributed by atoms with E-state index >= 15 is 0 Å². The Morgan fingerprint density at radius 3 is 2.26 bits per heavy atom. The van der Waals surface area contributed by atoms with Crippen LogP contribution in [0.25, 0.3) is 11.0 Å². The van der Waals surface area contributed by atoms with E-state index in [-0.39, 0.29) is 16.6 Å². The van der Waals surface area contributed by atoms with Crippen molar-refractivity contribution in [1.29, 1.82) is 0 Å². The van der Waals surface area contributed by atoms with Crippen molar-refractivity contribution in [2.45, 2.75) is 0 Å². The van der Waals surface area contributed by atoms with Gasteiger partial charge in [0.15, 0.2) is 16.7 Å². The van der Waals surface area contributed by atoms with Crippen LogP contribution in [0.15, 0.2) is 42.5 Å². The molecule has 0 bridgehead atoms. The number of fused-ring (bicyclic) bond motifs is 1. The molecule has 3 rings (SSSR count). The average molecular weight is 329 g/mol. The van der Waals surface area contributed by atoms with Gasteiger partial charge in [-0.15, -0.1) is 0 Å². The minimum atomic E-state index is -0.325. The number of nitrogens with zero attached hydrogens (tertiary/aromatic N) is 2. The number of carbonyl (C=O) groups is 1. The number of para-hydroxylation sites is 2. The minimum Gasteiger partial charge on any atom is -0.493 e. The lowest BCUT2D eigenvalue weighted by molar-refractivity contribution is 0.103. The van der Waals surface area contributed by atoms with Gasteiger partial charge in [-0.25, -0.2) is 9.97 Å². The van der Waals surface area contributed by atoms with Gasteiger partial charge in [0.2, 0.25) is 5.78 Å². The molecule has 0 amide bonds. The first-order valence-corrected chi connectivity index (χ1v) is 7.21. The summed E-state index contributed by atoms with van der Waals surface area (Å²) >= 11 is 6.13. The van der Waals surface area contributed by atoms with Gasteiger partial charge in [0.1, 0.15) is 5.69 Å². The Morgan fingerprint density at radius 2 is 1.61 bits per heavy atom. The fraction of sp³-hybridized carbons (Fsp3) is 0.118. The number of methoxy groups -OCH3 is 2. The van der Waals surface area contributed by atoms with Gasteiger partial charge in [0, 0.05) is 5.56 Å². The normalized spacial score (nSPS) is 10.6. The molecule has 0 atom stereocenters. The zero-order chi connectivity index (χ0) is 16.4. The molecule has 116 valence electrons. The maximum atomic E-state index is 12.7. The van der Waals surface area contributed by atoms with Crippen molar-refractivity contribution in [3.8, 4) is 11.5 Å². The Balaban J connectivity index is 2.08. The molecule has 0 aliphatic heterocycles. The highest BCUT2D eigenvalue weighted by Gasteiger charge is 2.18. The van der Waals surface area contributed by atoms with Crippen molar-refractivity contribution < 1.29 is 14.3 Å². The zero-order valence-corrected chi connectivity index (χ0v) is 13.3. The van der Waals surface area contributed by atoms with Crippen molar-refractivity contribution in [2.24, 2.45) is 0 Å². The van der Waals surface area contributed by atoms with Crippen LogP contribution in [0.3, 0.4) is 0 Å². The third-order valence-electron chi connectivity index (χ3n) is 3.39. The largest absolute Gasteiger partial charge is 0.493 e. The van der Waals surface area contributed by atoms with Crippen molar-refractivity contribution in [2.75, 3.05) is 14.2 Å². The van der Waals surface area contributed by atoms with Crippen LogP contribution in [0.4, 0.5) is 0 Å². The van der Waals surface area contributed by atoms with E-state index < -0.39 is 0 Å². The fourth-order valence-electron chi connectivity index (χ4n) is 2.24. The van der Waals surface area contributed by atoms with Crippen molar-refractivity contribution >= 4 is 28.4 Å². The highest BCUT2D eigenvalue weighted by Crippen LogP contribution is 2.29. The molecule has 0 radical (unpaired) electrons. The molecule has 0 fully saturated rings. The van der Waals surface area contributed by atoms with E-state index in [9.17, 15) is 4.79 Å². The maximum absolute atomic E-state index is 12.7. The first-order chi connectivity index (χ1) is 11.1. The van der Waals surface area contributed by atoms with Crippen molar-refractivity contribution in [3.05, 3.63) is 58.9 Å². The molecular weight excluding hydrogens is 316 g/mol. The summed E-state index contributed by atoms with van der Waals surface area (Å²) < 4.78 is 10.4. The molecule has 2 aromatic carbocycles. The second-order valence-corrected chi connectivity index (χ2v) is 5.11. The summed E-state index contributed by atoms with van der Waals surface area (Å²) in [6, 6.07) is 12.1. The van der Waals surface area contributed by atoms with Gasteiger partial charge in [0.05, 0.1) is 25.3 Å². The second kappa shape index (κ2) is 6.22. The molecule has 5 nitrogen and oxygen atoms in total. The molecule has 3 aromatic rings. The molecule has 1 aromatic heterocycles. The summed E-state index contributed by atoms with van der Waals surface area (Å²) in [6.07, 6.45) is 0. The van der Waals surface area contributed by atoms with Crippen LogP contribution in [0.2, 0.25) is 5.15 Å². The first-order valence-electron chi connectivity index (χ1n) is 6.83. The Morgan fingerprint density at radius 1 is 0.957 bits per heavy atom. The standard InChI is InChI=1S/C17H13ClN2O3/c1-22-13-8-7-10(9-14(13)23-2)16(21)15-17(18)20-12-6-4-3-5-11(12)19-15/h3-9H,1-2H3. The molecule has 0 saturated heterocycles. The number of ether oxygens (including phenoxy) is 2. The molecular formula is C17H13ClN2O3. The first kappa shape index (κ1) is 15.2. The Kier molecular flexibility index (Phi) is 4.12. The SMILES string of the molecule is COc1ccc(C(=O)c2nc3ccccc3nc2Cl)cc1OC. The van der Waals surface area contributed by atoms with Gasteiger partial charge in [-0.1, -0.05) is 23.7 Å². The summed E-state index contributed by atoms with van der Waals surface area (Å²) in [4.78, 5) is 21.3. The molecule has 0 N–H and O–H groups in total. The van der Waals surface area contributed by atoms with Gasteiger partial charge in [0.25, 0.3) is 0 Å². The van der Waals surface area contributed by atoms with E-state index in [1.165, 1.54) is 14.2 Å². The van der Waals surface area contributed by atoms with Crippen LogP contribution in [-0.4, -0.2) is 30.0 Å². The van der Waals surface area contributed by atoms with Crippen LogP contribution in [0, 0.1) is 0 Å². The molecule has 1 heterocycles. The Hall–Kier alpha value is -2.66. The third kappa shape index (κ3) is 2.83. The van der Waals surface area contributed by atoms with Crippen LogP contribution in [-0.2, 0) is 0 Å². The lowest BCUT2D eigenvalue weighted by Gasteiger charge is -2.09. The predicted molar refractivity (Wildman–Crippen MR) is 87.5 cm³/mol. The number of halogens is 1. The summed E-state index contributed by atoms with van der Waals surface area (Å²) in [5, 5.41) is 0.0727. The molecule has 0 saturated carbocycles. The molecule has 0 spiro atoms. The summed E-state index contributed by atoms with van der Waals surface area (Å²) in [6.45, 7) is 0. The minimum absolute atomic E-state index is 0.0727. The zero-order valence-electron chi connectivity index (χ0n) is 12.5. The number of hydrogen-bond acceptors (Lipinski definition) is 5.